The van der Waals surface area contributed by atoms with Gasteiger partial charge in [-0.05, 0) is 55.8 Å². The molecule has 7 heteroatoms. The van der Waals surface area contributed by atoms with E-state index < -0.39 is 0 Å². The van der Waals surface area contributed by atoms with E-state index in [4.69, 9.17) is 4.74 Å². The molecular weight excluding hydrogens is 397 g/mol. The van der Waals surface area contributed by atoms with E-state index in [0.717, 1.165) is 24.0 Å². The predicted octanol–water partition coefficient (Wildman–Crippen LogP) is 3.58. The Morgan fingerprint density at radius 2 is 1.87 bits per heavy atom. The fraction of sp³-hybridized carbons (Fsp3) is 0.333. The average molecular weight is 423 g/mol. The molecule has 2 aromatic carbocycles. The van der Waals surface area contributed by atoms with E-state index in [1.807, 2.05) is 11.8 Å². The molecule has 0 saturated carbocycles. The van der Waals surface area contributed by atoms with Gasteiger partial charge >= 0.3 is 0 Å². The largest absolute Gasteiger partial charge is 0.508 e. The van der Waals surface area contributed by atoms with Gasteiger partial charge in [-0.15, -0.1) is 0 Å². The van der Waals surface area contributed by atoms with E-state index in [1.165, 1.54) is 12.1 Å². The van der Waals surface area contributed by atoms with Crippen LogP contribution in [0.25, 0.3) is 10.9 Å². The minimum absolute atomic E-state index is 0.0419. The molecule has 6 nitrogen and oxygen atoms in total. The van der Waals surface area contributed by atoms with Crippen LogP contribution in [0.1, 0.15) is 19.4 Å². The van der Waals surface area contributed by atoms with E-state index >= 15 is 0 Å². The molecule has 1 aliphatic heterocycles. The van der Waals surface area contributed by atoms with Crippen LogP contribution >= 0.6 is 0 Å². The van der Waals surface area contributed by atoms with Crippen molar-refractivity contribution in [1.29, 1.82) is 0 Å². The Kier molecular flexibility index (Phi) is 6.04. The van der Waals surface area contributed by atoms with E-state index in [0.29, 0.717) is 17.9 Å². The first-order valence-electron chi connectivity index (χ1n) is 10.4. The molecule has 1 aromatic heterocycles. The number of ether oxygens (including phenoxy) is 1. The number of aromatic hydroxyl groups is 1. The van der Waals surface area contributed by atoms with Gasteiger partial charge in [0, 0.05) is 43.2 Å². The number of carbonyl (C=O) groups is 1. The minimum atomic E-state index is -0.236. The molecular formula is C24H26FN3O3. The second-order valence-corrected chi connectivity index (χ2v) is 8.12. The third-order valence-corrected chi connectivity index (χ3v) is 5.73. The number of hydrogen-bond donors (Lipinski definition) is 1. The fourth-order valence-corrected chi connectivity index (χ4v) is 3.98. The molecule has 0 radical (unpaired) electrons. The van der Waals surface area contributed by atoms with Crippen molar-refractivity contribution in [2.45, 2.75) is 32.5 Å². The highest BCUT2D eigenvalue weighted by atomic mass is 19.1. The van der Waals surface area contributed by atoms with Gasteiger partial charge in [-0.2, -0.15) is 0 Å². The normalized spacial score (nSPS) is 19.5. The van der Waals surface area contributed by atoms with Gasteiger partial charge in [0.15, 0.2) is 6.61 Å². The lowest BCUT2D eigenvalue weighted by atomic mass is 10.1. The first-order chi connectivity index (χ1) is 14.9. The standard InChI is InChI=1S/C24H26FN3O3/c1-16-13-28(17(2)12-27(16)14-18-3-6-20(25)7-4-18)24(30)15-31-23-10-5-19-11-21(29)8-9-22(19)26-23/h3-11,16-17,29H,12-15H2,1-2H3/t16-,17+/m1/s1. The lowest BCUT2D eigenvalue weighted by molar-refractivity contribution is -0.139. The quantitative estimate of drug-likeness (QED) is 0.680. The number of carbonyl (C=O) groups excluding carboxylic acids is 1. The van der Waals surface area contributed by atoms with E-state index in [2.05, 4.69) is 16.8 Å². The van der Waals surface area contributed by atoms with Crippen LogP contribution in [-0.2, 0) is 11.3 Å². The Balaban J connectivity index is 1.34. The van der Waals surface area contributed by atoms with Crippen LogP contribution in [-0.4, -0.2) is 57.6 Å². The average Bonchev–Trinajstić information content (AvgIpc) is 2.75. The van der Waals surface area contributed by atoms with E-state index in [-0.39, 0.29) is 36.2 Å². The Bertz CT molecular complexity index is 1070. The maximum absolute atomic E-state index is 13.1. The SMILES string of the molecule is C[C@@H]1CN(C(=O)COc2ccc3cc(O)ccc3n2)[C@@H](C)CN1Cc1ccc(F)cc1. The van der Waals surface area contributed by atoms with Crippen LogP contribution in [0.3, 0.4) is 0 Å². The van der Waals surface area contributed by atoms with Crippen LogP contribution in [0.15, 0.2) is 54.6 Å². The minimum Gasteiger partial charge on any atom is -0.508 e. The summed E-state index contributed by atoms with van der Waals surface area (Å²) in [6.07, 6.45) is 0. The first kappa shape index (κ1) is 21.1. The van der Waals surface area contributed by atoms with Gasteiger partial charge in [-0.3, -0.25) is 9.69 Å². The van der Waals surface area contributed by atoms with Crippen LogP contribution in [0.2, 0.25) is 0 Å². The van der Waals surface area contributed by atoms with Crippen molar-refractivity contribution in [2.75, 3.05) is 19.7 Å². The first-order valence-corrected chi connectivity index (χ1v) is 10.4. The zero-order chi connectivity index (χ0) is 22.0. The van der Waals surface area contributed by atoms with Crippen molar-refractivity contribution < 1.29 is 19.0 Å². The van der Waals surface area contributed by atoms with Crippen LogP contribution in [0, 0.1) is 5.82 Å². The monoisotopic (exact) mass is 423 g/mol. The number of benzene rings is 2. The van der Waals surface area contributed by atoms with Gasteiger partial charge in [-0.25, -0.2) is 9.37 Å². The number of pyridine rings is 1. The smallest absolute Gasteiger partial charge is 0.260 e. The third kappa shape index (κ3) is 4.94. The topological polar surface area (TPSA) is 65.9 Å². The molecule has 162 valence electrons. The maximum Gasteiger partial charge on any atom is 0.260 e. The number of halogens is 1. The summed E-state index contributed by atoms with van der Waals surface area (Å²) in [5, 5.41) is 10.4. The maximum atomic E-state index is 13.1. The number of phenols is 1. The Morgan fingerprint density at radius 1 is 1.10 bits per heavy atom. The highest BCUT2D eigenvalue weighted by molar-refractivity contribution is 5.81. The zero-order valence-corrected chi connectivity index (χ0v) is 17.7. The Hall–Kier alpha value is -3.19. The van der Waals surface area contributed by atoms with Gasteiger partial charge in [0.1, 0.15) is 11.6 Å². The fourth-order valence-electron chi connectivity index (χ4n) is 3.98. The summed E-state index contributed by atoms with van der Waals surface area (Å²) >= 11 is 0. The number of hydrogen-bond acceptors (Lipinski definition) is 5. The summed E-state index contributed by atoms with van der Waals surface area (Å²) in [5.41, 5.74) is 1.75. The number of aromatic nitrogens is 1. The second kappa shape index (κ2) is 8.89. The number of nitrogens with zero attached hydrogens (tertiary/aromatic N) is 3. The third-order valence-electron chi connectivity index (χ3n) is 5.73. The molecule has 4 rings (SSSR count). The summed E-state index contributed by atoms with van der Waals surface area (Å²) in [6, 6.07) is 15.2. The molecule has 0 unspecified atom stereocenters. The predicted molar refractivity (Wildman–Crippen MR) is 116 cm³/mol. The van der Waals surface area contributed by atoms with Gasteiger partial charge < -0.3 is 14.7 Å². The molecule has 1 N–H and O–H groups in total. The summed E-state index contributed by atoms with van der Waals surface area (Å²) in [7, 11) is 0. The number of amides is 1. The molecule has 1 saturated heterocycles. The van der Waals surface area contributed by atoms with Crippen LogP contribution in [0.5, 0.6) is 11.6 Å². The van der Waals surface area contributed by atoms with E-state index in [9.17, 15) is 14.3 Å². The van der Waals surface area contributed by atoms with Crippen molar-refractivity contribution in [3.8, 4) is 11.6 Å². The van der Waals surface area contributed by atoms with Crippen molar-refractivity contribution in [1.82, 2.24) is 14.8 Å². The molecule has 0 bridgehead atoms. The molecule has 2 heterocycles. The zero-order valence-electron chi connectivity index (χ0n) is 17.7. The molecule has 0 aliphatic carbocycles. The summed E-state index contributed by atoms with van der Waals surface area (Å²) in [5.74, 6) is 0.245. The summed E-state index contributed by atoms with van der Waals surface area (Å²) in [4.78, 5) is 21.4. The molecule has 1 aliphatic rings. The van der Waals surface area contributed by atoms with Crippen molar-refractivity contribution in [2.24, 2.45) is 0 Å². The number of phenolic OH excluding ortho intramolecular Hbond substituents is 1. The van der Waals surface area contributed by atoms with Gasteiger partial charge in [0.05, 0.1) is 5.52 Å². The molecule has 1 fully saturated rings. The van der Waals surface area contributed by atoms with Gasteiger partial charge in [-0.1, -0.05) is 12.1 Å². The van der Waals surface area contributed by atoms with Crippen LogP contribution < -0.4 is 4.74 Å². The molecule has 2 atom stereocenters. The summed E-state index contributed by atoms with van der Waals surface area (Å²) in [6.45, 7) is 6.11. The van der Waals surface area contributed by atoms with Crippen molar-refractivity contribution in [3.05, 3.63) is 66.0 Å². The summed E-state index contributed by atoms with van der Waals surface area (Å²) < 4.78 is 18.8. The second-order valence-electron chi connectivity index (χ2n) is 8.12. The lowest BCUT2D eigenvalue weighted by Gasteiger charge is -2.44. The van der Waals surface area contributed by atoms with Crippen molar-refractivity contribution in [3.63, 3.8) is 0 Å². The number of fused-ring (bicyclic) bond motifs is 1. The Morgan fingerprint density at radius 3 is 2.65 bits per heavy atom. The molecule has 1 amide bonds. The van der Waals surface area contributed by atoms with Crippen LogP contribution in [0.4, 0.5) is 4.39 Å². The molecule has 3 aromatic rings. The molecule has 31 heavy (non-hydrogen) atoms. The van der Waals surface area contributed by atoms with Gasteiger partial charge in [0.25, 0.3) is 5.91 Å². The highest BCUT2D eigenvalue weighted by Crippen LogP contribution is 2.22. The van der Waals surface area contributed by atoms with Gasteiger partial charge in [0.2, 0.25) is 5.88 Å². The van der Waals surface area contributed by atoms with E-state index in [1.54, 1.807) is 42.5 Å². The number of rotatable bonds is 5. The molecule has 0 spiro atoms. The lowest BCUT2D eigenvalue weighted by Crippen LogP contribution is -2.58. The van der Waals surface area contributed by atoms with Crippen molar-refractivity contribution >= 4 is 16.8 Å². The Labute approximate surface area is 180 Å². The highest BCUT2D eigenvalue weighted by Gasteiger charge is 2.32. The number of piperazine rings is 1.